The number of hydrogen-bond acceptors (Lipinski definition) is 2. The summed E-state index contributed by atoms with van der Waals surface area (Å²) in [4.78, 5) is 0. The van der Waals surface area contributed by atoms with E-state index < -0.39 is 0 Å². The third kappa shape index (κ3) is 3.33. The molecule has 0 bridgehead atoms. The van der Waals surface area contributed by atoms with E-state index in [9.17, 15) is 0 Å². The molecule has 196 valence electrons. The lowest BCUT2D eigenvalue weighted by molar-refractivity contribution is 0.616. The number of hydrogen-bond donors (Lipinski definition) is 0. The molecular weight excluding hydrogens is 512 g/mol. The van der Waals surface area contributed by atoms with Gasteiger partial charge < -0.3 is 8.83 Å². The fourth-order valence-electron chi connectivity index (χ4n) is 6.72. The maximum atomic E-state index is 6.35. The van der Waals surface area contributed by atoms with Gasteiger partial charge in [-0.15, -0.1) is 0 Å². The Hall–Kier alpha value is -5.60. The molecule has 2 heterocycles. The highest BCUT2D eigenvalue weighted by Crippen LogP contribution is 2.48. The lowest BCUT2D eigenvalue weighted by Gasteiger charge is -2.18. The van der Waals surface area contributed by atoms with Crippen LogP contribution in [0.15, 0.2) is 155 Å². The predicted molar refractivity (Wildman–Crippen MR) is 175 cm³/mol. The van der Waals surface area contributed by atoms with E-state index >= 15 is 0 Å². The van der Waals surface area contributed by atoms with Gasteiger partial charge >= 0.3 is 0 Å². The molecule has 0 aliphatic carbocycles. The summed E-state index contributed by atoms with van der Waals surface area (Å²) in [5.41, 5.74) is 9.72. The summed E-state index contributed by atoms with van der Waals surface area (Å²) in [7, 11) is 0. The van der Waals surface area contributed by atoms with Crippen molar-refractivity contribution < 1.29 is 8.83 Å². The van der Waals surface area contributed by atoms with Crippen molar-refractivity contribution in [2.24, 2.45) is 0 Å². The second-order valence-corrected chi connectivity index (χ2v) is 10.9. The third-order valence-corrected chi connectivity index (χ3v) is 8.54. The molecule has 0 amide bonds. The van der Waals surface area contributed by atoms with Gasteiger partial charge in [0, 0.05) is 21.9 Å². The van der Waals surface area contributed by atoms with Crippen LogP contribution < -0.4 is 0 Å². The summed E-state index contributed by atoms with van der Waals surface area (Å²) in [5.74, 6) is 0. The Morgan fingerprint density at radius 3 is 1.69 bits per heavy atom. The molecular formula is C40H24O2. The highest BCUT2D eigenvalue weighted by Gasteiger charge is 2.22. The highest BCUT2D eigenvalue weighted by molar-refractivity contribution is 6.26. The van der Waals surface area contributed by atoms with Gasteiger partial charge in [0.05, 0.1) is 11.6 Å². The van der Waals surface area contributed by atoms with Crippen LogP contribution in [-0.4, -0.2) is 0 Å². The molecule has 2 heteroatoms. The van der Waals surface area contributed by atoms with Crippen LogP contribution in [0, 0.1) is 0 Å². The van der Waals surface area contributed by atoms with E-state index in [2.05, 4.69) is 121 Å². The summed E-state index contributed by atoms with van der Waals surface area (Å²) in [6.07, 6.45) is 1.77. The van der Waals surface area contributed by atoms with Crippen LogP contribution in [0.1, 0.15) is 0 Å². The Balaban J connectivity index is 1.41. The first-order chi connectivity index (χ1) is 20.8. The topological polar surface area (TPSA) is 26.3 Å². The summed E-state index contributed by atoms with van der Waals surface area (Å²) in [6.45, 7) is 0. The van der Waals surface area contributed by atoms with Crippen molar-refractivity contribution >= 4 is 54.5 Å². The fourth-order valence-corrected chi connectivity index (χ4v) is 6.72. The number of rotatable bonds is 3. The molecule has 0 aliphatic heterocycles. The van der Waals surface area contributed by atoms with Crippen molar-refractivity contribution in [1.29, 1.82) is 0 Å². The van der Waals surface area contributed by atoms with Gasteiger partial charge in [-0.05, 0) is 68.1 Å². The molecule has 9 aromatic rings. The Labute approximate surface area is 242 Å². The van der Waals surface area contributed by atoms with Gasteiger partial charge in [0.15, 0.2) is 0 Å². The molecule has 7 aromatic carbocycles. The normalized spacial score (nSPS) is 11.8. The molecule has 0 radical (unpaired) electrons. The Kier molecular flexibility index (Phi) is 4.93. The van der Waals surface area contributed by atoms with Gasteiger partial charge in [0.2, 0.25) is 0 Å². The maximum absolute atomic E-state index is 6.35. The molecule has 2 aromatic heterocycles. The summed E-state index contributed by atoms with van der Waals surface area (Å²) in [5, 5.41) is 8.03. The van der Waals surface area contributed by atoms with Crippen molar-refractivity contribution in [3.63, 3.8) is 0 Å². The van der Waals surface area contributed by atoms with Crippen molar-refractivity contribution in [3.05, 3.63) is 146 Å². The van der Waals surface area contributed by atoms with Crippen LogP contribution in [0.4, 0.5) is 0 Å². The van der Waals surface area contributed by atoms with Gasteiger partial charge in [0.1, 0.15) is 16.7 Å². The lowest BCUT2D eigenvalue weighted by Crippen LogP contribution is -1.91. The maximum Gasteiger partial charge on any atom is 0.146 e. The van der Waals surface area contributed by atoms with Crippen molar-refractivity contribution in [2.75, 3.05) is 0 Å². The van der Waals surface area contributed by atoms with Gasteiger partial charge in [-0.1, -0.05) is 115 Å². The minimum Gasteiger partial charge on any atom is -0.464 e. The van der Waals surface area contributed by atoms with Crippen LogP contribution in [0.25, 0.3) is 87.8 Å². The second-order valence-electron chi connectivity index (χ2n) is 10.9. The third-order valence-electron chi connectivity index (χ3n) is 8.54. The first-order valence-corrected chi connectivity index (χ1v) is 14.3. The average Bonchev–Trinajstić information content (AvgIpc) is 3.69. The molecule has 2 nitrogen and oxygen atoms in total. The van der Waals surface area contributed by atoms with Crippen molar-refractivity contribution in [3.8, 4) is 33.4 Å². The Bertz CT molecular complexity index is 2400. The fraction of sp³-hybridized carbons (Fsp3) is 0. The van der Waals surface area contributed by atoms with Crippen molar-refractivity contribution in [1.82, 2.24) is 0 Å². The Morgan fingerprint density at radius 1 is 0.357 bits per heavy atom. The van der Waals surface area contributed by atoms with E-state index in [4.69, 9.17) is 8.83 Å². The summed E-state index contributed by atoms with van der Waals surface area (Å²) >= 11 is 0. The smallest absolute Gasteiger partial charge is 0.146 e. The van der Waals surface area contributed by atoms with E-state index in [1.807, 2.05) is 18.2 Å². The molecule has 0 fully saturated rings. The van der Waals surface area contributed by atoms with Crippen molar-refractivity contribution in [2.45, 2.75) is 0 Å². The largest absolute Gasteiger partial charge is 0.464 e. The zero-order chi connectivity index (χ0) is 27.6. The zero-order valence-electron chi connectivity index (χ0n) is 22.7. The second kappa shape index (κ2) is 8.95. The lowest BCUT2D eigenvalue weighted by atomic mass is 9.85. The van der Waals surface area contributed by atoms with Crippen LogP contribution in [0.5, 0.6) is 0 Å². The molecule has 0 N–H and O–H groups in total. The van der Waals surface area contributed by atoms with Gasteiger partial charge in [0.25, 0.3) is 0 Å². The molecule has 0 saturated heterocycles. The van der Waals surface area contributed by atoms with Gasteiger partial charge in [-0.3, -0.25) is 0 Å². The predicted octanol–water partition coefficient (Wildman–Crippen LogP) is 11.6. The SMILES string of the molecule is c1ccc(-c2cccc(-c3c4ccccc4c(-c4cc5c6ccccc6oc5c5ccoc45)c4ccccc34)c2)cc1. The monoisotopic (exact) mass is 536 g/mol. The average molecular weight is 537 g/mol. The highest BCUT2D eigenvalue weighted by atomic mass is 16.3. The first kappa shape index (κ1) is 23.1. The molecule has 0 aliphatic rings. The van der Waals surface area contributed by atoms with E-state index in [0.717, 1.165) is 38.5 Å². The summed E-state index contributed by atoms with van der Waals surface area (Å²) in [6, 6.07) is 49.6. The molecule has 0 unspecified atom stereocenters. The molecule has 0 spiro atoms. The van der Waals surface area contributed by atoms with E-state index in [0.29, 0.717) is 0 Å². The molecule has 9 rings (SSSR count). The van der Waals surface area contributed by atoms with Crippen LogP contribution in [0.3, 0.4) is 0 Å². The van der Waals surface area contributed by atoms with Gasteiger partial charge in [-0.25, -0.2) is 0 Å². The standard InChI is InChI=1S/C40H24O2/c1-2-11-25(12-3-1)26-13-10-14-27(23-26)37-29-16-4-6-18-31(29)38(32-19-7-5-17-30(32)37)35-24-34-28-15-8-9-20-36(28)42-40(34)33-21-22-41-39(33)35/h1-24H. The van der Waals surface area contributed by atoms with Crippen LogP contribution in [0.2, 0.25) is 0 Å². The first-order valence-electron chi connectivity index (χ1n) is 14.3. The van der Waals surface area contributed by atoms with E-state index in [1.165, 1.54) is 49.4 Å². The number of fused-ring (bicyclic) bond motifs is 7. The van der Waals surface area contributed by atoms with Crippen LogP contribution in [-0.2, 0) is 0 Å². The summed E-state index contributed by atoms with van der Waals surface area (Å²) < 4.78 is 12.6. The zero-order valence-corrected chi connectivity index (χ0v) is 22.7. The van der Waals surface area contributed by atoms with Crippen LogP contribution >= 0.6 is 0 Å². The van der Waals surface area contributed by atoms with Gasteiger partial charge in [-0.2, -0.15) is 0 Å². The number of para-hydroxylation sites is 1. The molecule has 42 heavy (non-hydrogen) atoms. The minimum absolute atomic E-state index is 0.843. The minimum atomic E-state index is 0.843. The number of benzene rings is 7. The Morgan fingerprint density at radius 2 is 0.952 bits per heavy atom. The van der Waals surface area contributed by atoms with E-state index in [1.54, 1.807) is 6.26 Å². The molecule has 0 saturated carbocycles. The number of furan rings is 2. The quantitative estimate of drug-likeness (QED) is 0.210. The van der Waals surface area contributed by atoms with E-state index in [-0.39, 0.29) is 0 Å². The molecule has 0 atom stereocenters.